The maximum atomic E-state index is 12.6. The number of amides is 1. The lowest BCUT2D eigenvalue weighted by Gasteiger charge is -2.16. The quantitative estimate of drug-likeness (QED) is 0.828. The van der Waals surface area contributed by atoms with Gasteiger partial charge in [-0.25, -0.2) is 0 Å². The number of rotatable bonds is 6. The highest BCUT2D eigenvalue weighted by atomic mass is 79.9. The van der Waals surface area contributed by atoms with Crippen LogP contribution >= 0.6 is 15.9 Å². The first-order valence-electron chi connectivity index (χ1n) is 7.36. The van der Waals surface area contributed by atoms with E-state index < -0.39 is 5.54 Å². The van der Waals surface area contributed by atoms with E-state index in [2.05, 4.69) is 26.3 Å². The third-order valence-corrected chi connectivity index (χ3v) is 4.35. The molecule has 2 aromatic rings. The highest BCUT2D eigenvalue weighted by molar-refractivity contribution is 9.10. The first-order chi connectivity index (χ1) is 10.6. The molecule has 5 nitrogen and oxygen atoms in total. The van der Waals surface area contributed by atoms with E-state index in [1.165, 1.54) is 0 Å². The second kappa shape index (κ2) is 6.22. The summed E-state index contributed by atoms with van der Waals surface area (Å²) in [4.78, 5) is 12.6. The highest BCUT2D eigenvalue weighted by Gasteiger charge is 2.52. The molecule has 1 aromatic carbocycles. The number of anilines is 1. The summed E-state index contributed by atoms with van der Waals surface area (Å²) in [7, 11) is 0. The van der Waals surface area contributed by atoms with Crippen molar-refractivity contribution in [2.24, 2.45) is 0 Å². The van der Waals surface area contributed by atoms with E-state index in [1.807, 2.05) is 30.5 Å². The molecule has 1 fully saturated rings. The fraction of sp³-hybridized carbons (Fsp3) is 0.375. The SMILES string of the molecule is O=C(Nc1cccc(CCCO)c1)C1(n2cc(Br)cn2)CC1. The lowest BCUT2D eigenvalue weighted by atomic mass is 10.1. The standard InChI is InChI=1S/C16H18BrN3O2/c17-13-10-18-20(11-13)16(6-7-16)15(22)19-14-5-1-3-12(9-14)4-2-8-21/h1,3,5,9-11,21H,2,4,6-8H2,(H,19,22). The third kappa shape index (κ3) is 3.08. The second-order valence-electron chi connectivity index (χ2n) is 5.62. The topological polar surface area (TPSA) is 67.2 Å². The lowest BCUT2D eigenvalue weighted by Crippen LogP contribution is -2.33. The Morgan fingerprint density at radius 2 is 2.27 bits per heavy atom. The van der Waals surface area contributed by atoms with Crippen LogP contribution in [0.3, 0.4) is 0 Å². The Hall–Kier alpha value is -1.66. The molecule has 6 heteroatoms. The maximum Gasteiger partial charge on any atom is 0.252 e. The first kappa shape index (κ1) is 15.2. The Balaban J connectivity index is 1.72. The molecule has 1 aliphatic rings. The minimum absolute atomic E-state index is 0.0255. The minimum atomic E-state index is -0.548. The summed E-state index contributed by atoms with van der Waals surface area (Å²) < 4.78 is 2.61. The van der Waals surface area contributed by atoms with Gasteiger partial charge in [0.2, 0.25) is 0 Å². The van der Waals surface area contributed by atoms with Crippen LogP contribution in [0.25, 0.3) is 0 Å². The van der Waals surface area contributed by atoms with E-state index in [9.17, 15) is 4.79 Å². The smallest absolute Gasteiger partial charge is 0.252 e. The molecule has 2 N–H and O–H groups in total. The van der Waals surface area contributed by atoms with E-state index in [0.717, 1.165) is 41.4 Å². The Labute approximate surface area is 137 Å². The van der Waals surface area contributed by atoms with Gasteiger partial charge in [0.05, 0.1) is 10.7 Å². The first-order valence-corrected chi connectivity index (χ1v) is 8.15. The Bertz CT molecular complexity index is 680. The van der Waals surface area contributed by atoms with Crippen molar-refractivity contribution in [3.05, 3.63) is 46.7 Å². The zero-order valence-electron chi connectivity index (χ0n) is 12.1. The summed E-state index contributed by atoms with van der Waals surface area (Å²) in [6.45, 7) is 0.174. The van der Waals surface area contributed by atoms with E-state index in [1.54, 1.807) is 10.9 Å². The monoisotopic (exact) mass is 363 g/mol. The van der Waals surface area contributed by atoms with Gasteiger partial charge in [0.25, 0.3) is 5.91 Å². The number of carbonyl (C=O) groups is 1. The van der Waals surface area contributed by atoms with Crippen LogP contribution in [0.1, 0.15) is 24.8 Å². The van der Waals surface area contributed by atoms with Gasteiger partial charge >= 0.3 is 0 Å². The molecule has 0 atom stereocenters. The van der Waals surface area contributed by atoms with Gasteiger partial charge in [0, 0.05) is 18.5 Å². The van der Waals surface area contributed by atoms with Crippen molar-refractivity contribution < 1.29 is 9.90 Å². The maximum absolute atomic E-state index is 12.6. The zero-order chi connectivity index (χ0) is 15.6. The molecule has 1 heterocycles. The molecule has 22 heavy (non-hydrogen) atoms. The summed E-state index contributed by atoms with van der Waals surface area (Å²) >= 11 is 3.37. The van der Waals surface area contributed by atoms with E-state index in [-0.39, 0.29) is 12.5 Å². The van der Waals surface area contributed by atoms with Crippen molar-refractivity contribution in [1.29, 1.82) is 0 Å². The number of aryl methyl sites for hydroxylation is 1. The van der Waals surface area contributed by atoms with E-state index >= 15 is 0 Å². The van der Waals surface area contributed by atoms with E-state index in [4.69, 9.17) is 5.11 Å². The van der Waals surface area contributed by atoms with Gasteiger partial charge in [-0.05, 0) is 59.3 Å². The van der Waals surface area contributed by atoms with Crippen LogP contribution in [-0.2, 0) is 16.8 Å². The van der Waals surface area contributed by atoms with Crippen molar-refractivity contribution in [1.82, 2.24) is 9.78 Å². The van der Waals surface area contributed by atoms with Crippen LogP contribution in [0, 0.1) is 0 Å². The van der Waals surface area contributed by atoms with Crippen molar-refractivity contribution in [2.45, 2.75) is 31.2 Å². The van der Waals surface area contributed by atoms with Crippen LogP contribution in [-0.4, -0.2) is 27.4 Å². The molecule has 1 aliphatic carbocycles. The number of nitrogens with zero attached hydrogens (tertiary/aromatic N) is 2. The number of aliphatic hydroxyl groups excluding tert-OH is 1. The van der Waals surface area contributed by atoms with Gasteiger partial charge in [-0.15, -0.1) is 0 Å². The summed E-state index contributed by atoms with van der Waals surface area (Å²) in [5.41, 5.74) is 1.35. The van der Waals surface area contributed by atoms with Gasteiger partial charge < -0.3 is 10.4 Å². The molecule has 1 amide bonds. The zero-order valence-corrected chi connectivity index (χ0v) is 13.7. The number of aromatic nitrogens is 2. The predicted octanol–water partition coefficient (Wildman–Crippen LogP) is 2.70. The minimum Gasteiger partial charge on any atom is -0.396 e. The van der Waals surface area contributed by atoms with Crippen LogP contribution in [0.15, 0.2) is 41.1 Å². The summed E-state index contributed by atoms with van der Waals surface area (Å²) in [5, 5.41) is 16.1. The van der Waals surface area contributed by atoms with Crippen molar-refractivity contribution in [3.63, 3.8) is 0 Å². The van der Waals surface area contributed by atoms with Crippen molar-refractivity contribution in [2.75, 3.05) is 11.9 Å². The lowest BCUT2D eigenvalue weighted by molar-refractivity contribution is -0.120. The number of aliphatic hydroxyl groups is 1. The third-order valence-electron chi connectivity index (χ3n) is 3.94. The molecule has 0 spiro atoms. The molecular formula is C16H18BrN3O2. The van der Waals surface area contributed by atoms with Crippen molar-refractivity contribution in [3.8, 4) is 0 Å². The van der Waals surface area contributed by atoms with Crippen LogP contribution in [0.2, 0.25) is 0 Å². The summed E-state index contributed by atoms with van der Waals surface area (Å²) in [6, 6.07) is 7.77. The fourth-order valence-corrected chi connectivity index (χ4v) is 2.83. The average Bonchev–Trinajstić information content (AvgIpc) is 3.22. The Morgan fingerprint density at radius 3 is 2.91 bits per heavy atom. The van der Waals surface area contributed by atoms with Gasteiger partial charge in [0.15, 0.2) is 0 Å². The number of hydrogen-bond acceptors (Lipinski definition) is 3. The largest absolute Gasteiger partial charge is 0.396 e. The molecule has 1 saturated carbocycles. The van der Waals surface area contributed by atoms with Gasteiger partial charge in [-0.1, -0.05) is 12.1 Å². The number of benzene rings is 1. The Morgan fingerprint density at radius 1 is 1.45 bits per heavy atom. The Kier molecular flexibility index (Phi) is 4.31. The number of nitrogens with one attached hydrogen (secondary N) is 1. The van der Waals surface area contributed by atoms with Crippen LogP contribution in [0.4, 0.5) is 5.69 Å². The predicted molar refractivity (Wildman–Crippen MR) is 87.6 cm³/mol. The molecule has 0 unspecified atom stereocenters. The number of hydrogen-bond donors (Lipinski definition) is 2. The van der Waals surface area contributed by atoms with Gasteiger partial charge in [0.1, 0.15) is 5.54 Å². The molecule has 116 valence electrons. The van der Waals surface area contributed by atoms with Crippen LogP contribution < -0.4 is 5.32 Å². The molecular weight excluding hydrogens is 346 g/mol. The number of halogens is 1. The molecule has 0 bridgehead atoms. The summed E-state index contributed by atoms with van der Waals surface area (Å²) in [6.07, 6.45) is 6.67. The van der Waals surface area contributed by atoms with Gasteiger partial charge in [-0.2, -0.15) is 5.10 Å². The number of carbonyl (C=O) groups excluding carboxylic acids is 1. The molecule has 0 radical (unpaired) electrons. The molecule has 1 aromatic heterocycles. The van der Waals surface area contributed by atoms with E-state index in [0.29, 0.717) is 0 Å². The molecule has 0 saturated heterocycles. The average molecular weight is 364 g/mol. The molecule has 0 aliphatic heterocycles. The van der Waals surface area contributed by atoms with Crippen molar-refractivity contribution >= 4 is 27.5 Å². The van der Waals surface area contributed by atoms with Gasteiger partial charge in [-0.3, -0.25) is 9.48 Å². The van der Waals surface area contributed by atoms with Crippen LogP contribution in [0.5, 0.6) is 0 Å². The fourth-order valence-electron chi connectivity index (χ4n) is 2.55. The normalized spacial score (nSPS) is 15.5. The highest BCUT2D eigenvalue weighted by Crippen LogP contribution is 2.44. The summed E-state index contributed by atoms with van der Waals surface area (Å²) in [5.74, 6) is -0.0255. The molecule has 3 rings (SSSR count). The second-order valence-corrected chi connectivity index (χ2v) is 6.53.